The predicted molar refractivity (Wildman–Crippen MR) is 142 cm³/mol. The second-order valence-corrected chi connectivity index (χ2v) is 13.4. The summed E-state index contributed by atoms with van der Waals surface area (Å²) in [6.07, 6.45) is 0. The van der Waals surface area contributed by atoms with Crippen LogP contribution in [-0.2, 0) is 43.6 Å². The molecule has 41 heavy (non-hydrogen) atoms. The average Bonchev–Trinajstić information content (AvgIpc) is 2.86. The summed E-state index contributed by atoms with van der Waals surface area (Å²) in [6, 6.07) is 4.66. The van der Waals surface area contributed by atoms with E-state index in [9.17, 15) is 39.5 Å². The smallest absolute Gasteiger partial charge is 0.296 e. The van der Waals surface area contributed by atoms with Gasteiger partial charge in [0.05, 0.1) is 40.3 Å². The molecule has 0 unspecified atom stereocenters. The van der Waals surface area contributed by atoms with Crippen LogP contribution in [-0.4, -0.2) is 64.2 Å². The highest BCUT2D eigenvalue weighted by molar-refractivity contribution is 7.91. The number of fused-ring (bicyclic) bond motifs is 1. The first kappa shape index (κ1) is 32.4. The number of hydrogen-bond acceptors (Lipinski definition) is 16. The maximum atomic E-state index is 12.8. The molecule has 0 aliphatic rings. The molecule has 0 aliphatic heterocycles. The van der Waals surface area contributed by atoms with Gasteiger partial charge >= 0.3 is 0 Å². The minimum atomic E-state index is -5.00. The summed E-state index contributed by atoms with van der Waals surface area (Å²) < 4.78 is 106. The molecule has 0 atom stereocenters. The molecule has 0 saturated heterocycles. The lowest BCUT2D eigenvalue weighted by molar-refractivity contribution is -0.434. The first-order chi connectivity index (χ1) is 19.0. The van der Waals surface area contributed by atoms with Crippen molar-refractivity contribution in [2.45, 2.75) is 21.6 Å². The summed E-state index contributed by atoms with van der Waals surface area (Å²) in [6.45, 7) is 1.09. The maximum absolute atomic E-state index is 12.8. The number of hydrogen-bond donors (Lipinski definition) is 5. The van der Waals surface area contributed by atoms with E-state index < -0.39 is 62.7 Å². The van der Waals surface area contributed by atoms with E-state index in [2.05, 4.69) is 19.6 Å². The number of methoxy groups -OCH3 is 1. The minimum Gasteiger partial charge on any atom is -0.507 e. The number of nitrogens with two attached hydrogens (primary N) is 1. The number of sulfone groups is 1. The quantitative estimate of drug-likeness (QED) is 0.0356. The molecular formula is C20H21N3O14S4. The number of nitrogen functional groups attached to an aromatic ring is 1. The van der Waals surface area contributed by atoms with Crippen LogP contribution >= 0.6 is 12.3 Å². The van der Waals surface area contributed by atoms with Crippen molar-refractivity contribution >= 4 is 70.2 Å². The lowest BCUT2D eigenvalue weighted by atomic mass is 10.1. The number of anilines is 1. The van der Waals surface area contributed by atoms with Gasteiger partial charge in [-0.3, -0.25) is 13.3 Å². The maximum Gasteiger partial charge on any atom is 0.296 e. The lowest BCUT2D eigenvalue weighted by Gasteiger charge is -2.13. The Balaban J connectivity index is 2.15. The molecule has 0 amide bonds. The SMILES string of the molecule is COc1cc(S(=O)(=O)CCOSOOO)c(C)cc1N=Nc1c(N)c(S(=O)(=O)O)cc2cc(S(=O)(=O)O)cc(O)c12. The monoisotopic (exact) mass is 655 g/mol. The van der Waals surface area contributed by atoms with Gasteiger partial charge in [0.1, 0.15) is 27.8 Å². The lowest BCUT2D eigenvalue weighted by Crippen LogP contribution is -2.12. The van der Waals surface area contributed by atoms with E-state index in [-0.39, 0.29) is 51.6 Å². The van der Waals surface area contributed by atoms with Gasteiger partial charge in [-0.25, -0.2) is 13.7 Å². The van der Waals surface area contributed by atoms with Gasteiger partial charge in [0, 0.05) is 12.1 Å². The van der Waals surface area contributed by atoms with Gasteiger partial charge < -0.3 is 15.6 Å². The molecular weight excluding hydrogens is 634 g/mol. The molecule has 3 aromatic rings. The first-order valence-corrected chi connectivity index (χ1v) is 15.8. The van der Waals surface area contributed by atoms with Crippen molar-refractivity contribution in [2.75, 3.05) is 25.2 Å². The molecule has 0 fully saturated rings. The van der Waals surface area contributed by atoms with Crippen LogP contribution in [0.15, 0.2) is 55.2 Å². The largest absolute Gasteiger partial charge is 0.507 e. The molecule has 3 aromatic carbocycles. The summed E-state index contributed by atoms with van der Waals surface area (Å²) in [5.41, 5.74) is 4.88. The molecule has 3 rings (SSSR count). The Morgan fingerprint density at radius 3 is 2.22 bits per heavy atom. The fourth-order valence-corrected chi connectivity index (χ4v) is 6.45. The summed E-state index contributed by atoms with van der Waals surface area (Å²) in [7, 11) is -12.6. The fourth-order valence-electron chi connectivity index (χ4n) is 3.58. The van der Waals surface area contributed by atoms with Crippen molar-refractivity contribution in [1.29, 1.82) is 0 Å². The van der Waals surface area contributed by atoms with Gasteiger partial charge in [-0.05, 0) is 36.1 Å². The Morgan fingerprint density at radius 2 is 1.63 bits per heavy atom. The van der Waals surface area contributed by atoms with Crippen LogP contribution in [0.1, 0.15) is 5.56 Å². The number of benzene rings is 3. The molecule has 0 aromatic heterocycles. The van der Waals surface area contributed by atoms with Gasteiger partial charge in [0.25, 0.3) is 20.2 Å². The van der Waals surface area contributed by atoms with Crippen molar-refractivity contribution in [3.8, 4) is 11.5 Å². The number of azo groups is 1. The third-order valence-corrected chi connectivity index (χ3v) is 9.27. The zero-order chi connectivity index (χ0) is 30.8. The van der Waals surface area contributed by atoms with Crippen molar-refractivity contribution in [1.82, 2.24) is 0 Å². The Labute approximate surface area is 237 Å². The molecule has 0 spiro atoms. The second kappa shape index (κ2) is 12.4. The Hall–Kier alpha value is -3.12. The van der Waals surface area contributed by atoms with E-state index in [0.717, 1.165) is 18.2 Å². The summed E-state index contributed by atoms with van der Waals surface area (Å²) in [5.74, 6) is -1.38. The number of phenols is 1. The zero-order valence-electron chi connectivity index (χ0n) is 20.8. The Kier molecular flexibility index (Phi) is 9.80. The van der Waals surface area contributed by atoms with Crippen molar-refractivity contribution in [3.05, 3.63) is 35.9 Å². The van der Waals surface area contributed by atoms with Crippen LogP contribution in [0.2, 0.25) is 0 Å². The first-order valence-electron chi connectivity index (χ1n) is 10.6. The van der Waals surface area contributed by atoms with Crippen molar-refractivity contribution in [2.24, 2.45) is 10.2 Å². The van der Waals surface area contributed by atoms with Gasteiger partial charge in [-0.1, -0.05) is 5.04 Å². The average molecular weight is 656 g/mol. The van der Waals surface area contributed by atoms with E-state index in [1.807, 2.05) is 0 Å². The van der Waals surface area contributed by atoms with Crippen LogP contribution in [0.4, 0.5) is 17.1 Å². The molecule has 0 bridgehead atoms. The molecule has 0 saturated carbocycles. The molecule has 6 N–H and O–H groups in total. The number of aromatic hydroxyl groups is 1. The number of ether oxygens (including phenoxy) is 1. The summed E-state index contributed by atoms with van der Waals surface area (Å²) in [5, 5.41) is 29.2. The molecule has 0 heterocycles. The van der Waals surface area contributed by atoms with Crippen molar-refractivity contribution < 1.29 is 63.0 Å². The van der Waals surface area contributed by atoms with E-state index in [4.69, 9.17) is 19.9 Å². The van der Waals surface area contributed by atoms with Crippen LogP contribution in [0.3, 0.4) is 0 Å². The number of nitrogens with zero attached hydrogens (tertiary/aromatic N) is 2. The Bertz CT molecular complexity index is 1840. The summed E-state index contributed by atoms with van der Waals surface area (Å²) >= 11 is 0.203. The van der Waals surface area contributed by atoms with Gasteiger partial charge in [-0.2, -0.15) is 16.8 Å². The highest BCUT2D eigenvalue weighted by atomic mass is 32.2. The highest BCUT2D eigenvalue weighted by Crippen LogP contribution is 2.44. The summed E-state index contributed by atoms with van der Waals surface area (Å²) in [4.78, 5) is -1.84. The predicted octanol–water partition coefficient (Wildman–Crippen LogP) is 3.13. The fraction of sp³-hybridized carbons (Fsp3) is 0.200. The van der Waals surface area contributed by atoms with Crippen LogP contribution < -0.4 is 10.5 Å². The highest BCUT2D eigenvalue weighted by Gasteiger charge is 2.25. The molecule has 0 aliphatic carbocycles. The van der Waals surface area contributed by atoms with Crippen molar-refractivity contribution in [3.63, 3.8) is 0 Å². The van der Waals surface area contributed by atoms with Crippen LogP contribution in [0.25, 0.3) is 10.8 Å². The normalized spacial score (nSPS) is 12.8. The third kappa shape index (κ3) is 7.40. The molecule has 0 radical (unpaired) electrons. The van der Waals surface area contributed by atoms with Gasteiger partial charge in [0.2, 0.25) is 0 Å². The topological polar surface area (TPSA) is 271 Å². The van der Waals surface area contributed by atoms with Gasteiger partial charge in [-0.15, -0.1) is 14.6 Å². The van der Waals surface area contributed by atoms with Crippen LogP contribution in [0, 0.1) is 6.92 Å². The van der Waals surface area contributed by atoms with E-state index >= 15 is 0 Å². The third-order valence-electron chi connectivity index (χ3n) is 5.35. The van der Waals surface area contributed by atoms with Crippen LogP contribution in [0.5, 0.6) is 11.5 Å². The number of rotatable bonds is 12. The standard InChI is InChI=1S/C20H21N3O14S4/c1-10-5-13(15(34-2)9-16(10)39(26,27)4-3-35-38-37-36-25)22-23-20-18-11(7-17(19(20)21)41(31,32)33)6-12(8-14(18)24)40(28,29)30/h5-9,24-25H,3-4,21H2,1-2H3,(H,28,29,30)(H,31,32,33). The molecule has 17 nitrogen and oxygen atoms in total. The number of aryl methyl sites for hydroxylation is 1. The Morgan fingerprint density at radius 1 is 0.951 bits per heavy atom. The second-order valence-electron chi connectivity index (χ2n) is 7.97. The number of phenolic OH excluding ortho intramolecular Hbond substituents is 1. The van der Waals surface area contributed by atoms with E-state index in [0.29, 0.717) is 6.07 Å². The van der Waals surface area contributed by atoms with E-state index in [1.54, 1.807) is 0 Å². The zero-order valence-corrected chi connectivity index (χ0v) is 24.0. The van der Waals surface area contributed by atoms with E-state index in [1.165, 1.54) is 20.1 Å². The molecule has 224 valence electrons. The van der Waals surface area contributed by atoms with Gasteiger partial charge in [0.15, 0.2) is 22.2 Å². The molecule has 21 heteroatoms. The minimum absolute atomic E-state index is 0.0666.